The van der Waals surface area contributed by atoms with Gasteiger partial charge in [-0.3, -0.25) is 9.80 Å². The Labute approximate surface area is 150 Å². The summed E-state index contributed by atoms with van der Waals surface area (Å²) in [6.45, 7) is 2.11. The second kappa shape index (κ2) is 6.75. The lowest BCUT2D eigenvalue weighted by Crippen LogP contribution is -2.53. The predicted molar refractivity (Wildman–Crippen MR) is 91.3 cm³/mol. The van der Waals surface area contributed by atoms with Gasteiger partial charge in [-0.25, -0.2) is 5.01 Å². The zero-order valence-electron chi connectivity index (χ0n) is 14.3. The van der Waals surface area contributed by atoms with Gasteiger partial charge in [-0.2, -0.15) is 0 Å². The van der Waals surface area contributed by atoms with Crippen molar-refractivity contribution >= 4 is 5.91 Å². The van der Waals surface area contributed by atoms with E-state index in [0.29, 0.717) is 12.4 Å². The van der Waals surface area contributed by atoms with Crippen LogP contribution in [-0.2, 0) is 0 Å². The molecule has 9 heteroatoms. The number of aromatic nitrogens is 1. The number of carbonyl (C=O) groups is 1. The highest BCUT2D eigenvalue weighted by atomic mass is 16.5. The molecule has 1 aromatic carbocycles. The molecule has 0 radical (unpaired) electrons. The first-order valence-electron chi connectivity index (χ1n) is 8.56. The van der Waals surface area contributed by atoms with Crippen LogP contribution in [0.4, 0.5) is 0 Å². The van der Waals surface area contributed by atoms with E-state index < -0.39 is 6.23 Å². The van der Waals surface area contributed by atoms with Gasteiger partial charge in [0.15, 0.2) is 11.5 Å². The van der Waals surface area contributed by atoms with Gasteiger partial charge in [0.05, 0.1) is 6.04 Å². The van der Waals surface area contributed by atoms with Crippen LogP contribution in [-0.4, -0.2) is 51.2 Å². The van der Waals surface area contributed by atoms with Gasteiger partial charge in [0.25, 0.3) is 5.91 Å². The molecule has 0 bridgehead atoms. The van der Waals surface area contributed by atoms with Crippen LogP contribution in [0.3, 0.4) is 0 Å². The van der Waals surface area contributed by atoms with Crippen LogP contribution in [0.1, 0.15) is 30.3 Å². The van der Waals surface area contributed by atoms with Crippen molar-refractivity contribution in [3.63, 3.8) is 0 Å². The van der Waals surface area contributed by atoms with E-state index in [2.05, 4.69) is 20.9 Å². The van der Waals surface area contributed by atoms with Gasteiger partial charge in [0.1, 0.15) is 12.9 Å². The average Bonchev–Trinajstić information content (AvgIpc) is 3.28. The SMILES string of the molecule is CC(O)N1CN(C2CC(NC(=O)c3cc(-c4ccccc4)on3)C2)N=N1. The standard InChI is InChI=1S/C17H20N6O3/c1-11(24)22-10-23(21-20-22)14-7-13(8-14)18-17(25)15-9-16(26-19-15)12-5-3-2-4-6-12/h2-6,9,11,13-14,24H,7-8,10H2,1H3,(H,18,25). The topological polar surface area (TPSA) is 107 Å². The maximum atomic E-state index is 12.3. The van der Waals surface area contributed by atoms with Gasteiger partial charge >= 0.3 is 0 Å². The molecule has 2 N–H and O–H groups in total. The Morgan fingerprint density at radius 1 is 1.31 bits per heavy atom. The van der Waals surface area contributed by atoms with Gasteiger partial charge in [-0.1, -0.05) is 40.7 Å². The number of carbonyl (C=O) groups excluding carboxylic acids is 1. The maximum Gasteiger partial charge on any atom is 0.273 e. The number of hydrogen-bond acceptors (Lipinski definition) is 8. The van der Waals surface area contributed by atoms with Crippen molar-refractivity contribution < 1.29 is 14.4 Å². The number of amides is 1. The fraction of sp³-hybridized carbons (Fsp3) is 0.412. The Balaban J connectivity index is 1.28. The smallest absolute Gasteiger partial charge is 0.273 e. The molecule has 1 aliphatic heterocycles. The number of nitrogens with one attached hydrogen (secondary N) is 1. The van der Waals surface area contributed by atoms with Crippen LogP contribution in [0.2, 0.25) is 0 Å². The summed E-state index contributed by atoms with van der Waals surface area (Å²) in [5.74, 6) is 0.325. The van der Waals surface area contributed by atoms with Crippen LogP contribution in [0.25, 0.3) is 11.3 Å². The van der Waals surface area contributed by atoms with Crippen molar-refractivity contribution in [1.29, 1.82) is 0 Å². The Kier molecular flexibility index (Phi) is 4.29. The molecular weight excluding hydrogens is 336 g/mol. The average molecular weight is 356 g/mol. The summed E-state index contributed by atoms with van der Waals surface area (Å²) in [7, 11) is 0. The minimum Gasteiger partial charge on any atom is -0.372 e. The Morgan fingerprint density at radius 2 is 2.08 bits per heavy atom. The summed E-state index contributed by atoms with van der Waals surface area (Å²) in [5.41, 5.74) is 1.15. The van der Waals surface area contributed by atoms with Crippen LogP contribution >= 0.6 is 0 Å². The highest BCUT2D eigenvalue weighted by molar-refractivity contribution is 5.93. The molecule has 0 saturated heterocycles. The minimum atomic E-state index is -0.662. The van der Waals surface area contributed by atoms with Crippen LogP contribution < -0.4 is 5.32 Å². The first-order chi connectivity index (χ1) is 12.6. The second-order valence-electron chi connectivity index (χ2n) is 6.57. The molecule has 0 spiro atoms. The second-order valence-corrected chi connectivity index (χ2v) is 6.57. The summed E-state index contributed by atoms with van der Waals surface area (Å²) < 4.78 is 5.27. The monoisotopic (exact) mass is 356 g/mol. The molecule has 1 unspecified atom stereocenters. The molecule has 4 rings (SSSR count). The summed E-state index contributed by atoms with van der Waals surface area (Å²) in [4.78, 5) is 12.3. The summed E-state index contributed by atoms with van der Waals surface area (Å²) in [6.07, 6.45) is 0.897. The molecule has 1 atom stereocenters. The van der Waals surface area contributed by atoms with E-state index in [0.717, 1.165) is 18.4 Å². The van der Waals surface area contributed by atoms with Crippen LogP contribution in [0.5, 0.6) is 0 Å². The normalized spacial score (nSPS) is 23.0. The predicted octanol–water partition coefficient (Wildman–Crippen LogP) is 1.80. The highest BCUT2D eigenvalue weighted by Gasteiger charge is 2.37. The van der Waals surface area contributed by atoms with E-state index in [1.807, 2.05) is 35.3 Å². The molecule has 26 heavy (non-hydrogen) atoms. The lowest BCUT2D eigenvalue weighted by atomic mass is 9.86. The molecule has 2 heterocycles. The Bertz CT molecular complexity index is 800. The van der Waals surface area contributed by atoms with Crippen molar-refractivity contribution in [2.24, 2.45) is 10.4 Å². The Morgan fingerprint density at radius 3 is 2.77 bits per heavy atom. The highest BCUT2D eigenvalue weighted by Crippen LogP contribution is 2.29. The van der Waals surface area contributed by atoms with Gasteiger partial charge in [0, 0.05) is 17.7 Å². The summed E-state index contributed by atoms with van der Waals surface area (Å²) >= 11 is 0. The number of rotatable bonds is 5. The van der Waals surface area contributed by atoms with Crippen molar-refractivity contribution in [3.8, 4) is 11.3 Å². The minimum absolute atomic E-state index is 0.0696. The summed E-state index contributed by atoms with van der Waals surface area (Å²) in [5, 5.41) is 27.6. The molecule has 2 aromatic rings. The molecule has 1 aliphatic carbocycles. The number of aliphatic hydroxyl groups excluding tert-OH is 1. The summed E-state index contributed by atoms with van der Waals surface area (Å²) in [6, 6.07) is 11.5. The van der Waals surface area contributed by atoms with Crippen molar-refractivity contribution in [1.82, 2.24) is 20.5 Å². The first-order valence-corrected chi connectivity index (χ1v) is 8.56. The van der Waals surface area contributed by atoms with Gasteiger partial charge in [0.2, 0.25) is 0 Å². The third kappa shape index (κ3) is 3.25. The molecule has 1 fully saturated rings. The van der Waals surface area contributed by atoms with E-state index in [9.17, 15) is 9.90 Å². The molecule has 1 amide bonds. The van der Waals surface area contributed by atoms with E-state index in [1.54, 1.807) is 13.0 Å². The fourth-order valence-corrected chi connectivity index (χ4v) is 3.02. The number of benzene rings is 1. The number of aliphatic hydroxyl groups is 1. The molecule has 136 valence electrons. The largest absolute Gasteiger partial charge is 0.372 e. The molecule has 9 nitrogen and oxygen atoms in total. The van der Waals surface area contributed by atoms with Crippen LogP contribution in [0.15, 0.2) is 51.4 Å². The third-order valence-electron chi connectivity index (χ3n) is 4.66. The first kappa shape index (κ1) is 16.5. The maximum absolute atomic E-state index is 12.3. The van der Waals surface area contributed by atoms with Gasteiger partial charge in [-0.05, 0) is 25.0 Å². The molecule has 2 aliphatic rings. The third-order valence-corrected chi connectivity index (χ3v) is 4.66. The Hall–Kier alpha value is -2.94. The van der Waals surface area contributed by atoms with Gasteiger partial charge in [-0.15, -0.1) is 0 Å². The number of nitrogens with zero attached hydrogens (tertiary/aromatic N) is 5. The molecular formula is C17H20N6O3. The molecule has 1 aromatic heterocycles. The van der Waals surface area contributed by atoms with Gasteiger partial charge < -0.3 is 14.9 Å². The van der Waals surface area contributed by atoms with Crippen molar-refractivity contribution in [2.75, 3.05) is 6.67 Å². The zero-order chi connectivity index (χ0) is 18.1. The van der Waals surface area contributed by atoms with E-state index >= 15 is 0 Å². The molecule has 1 saturated carbocycles. The van der Waals surface area contributed by atoms with E-state index in [4.69, 9.17) is 4.52 Å². The zero-order valence-corrected chi connectivity index (χ0v) is 14.3. The number of hydrogen-bond donors (Lipinski definition) is 2. The lowest BCUT2D eigenvalue weighted by Gasteiger charge is -2.39. The van der Waals surface area contributed by atoms with Crippen molar-refractivity contribution in [3.05, 3.63) is 42.1 Å². The van der Waals surface area contributed by atoms with E-state index in [1.165, 1.54) is 5.01 Å². The van der Waals surface area contributed by atoms with Crippen molar-refractivity contribution in [2.45, 2.75) is 38.1 Å². The van der Waals surface area contributed by atoms with Crippen LogP contribution in [0, 0.1) is 0 Å². The van der Waals surface area contributed by atoms with E-state index in [-0.39, 0.29) is 23.7 Å². The quantitative estimate of drug-likeness (QED) is 0.846. The lowest BCUT2D eigenvalue weighted by molar-refractivity contribution is -0.00460. The fourth-order valence-electron chi connectivity index (χ4n) is 3.02.